The molecule has 1 aromatic carbocycles. The highest BCUT2D eigenvalue weighted by molar-refractivity contribution is 6.30. The Morgan fingerprint density at radius 2 is 2.05 bits per heavy atom. The number of benzene rings is 1. The maximum atomic E-state index is 12.1. The summed E-state index contributed by atoms with van der Waals surface area (Å²) < 4.78 is 0. The van der Waals surface area contributed by atoms with Gasteiger partial charge in [-0.25, -0.2) is 9.97 Å². The first kappa shape index (κ1) is 16.2. The van der Waals surface area contributed by atoms with Gasteiger partial charge in [0, 0.05) is 23.3 Å². The van der Waals surface area contributed by atoms with Crippen molar-refractivity contribution in [1.82, 2.24) is 15.3 Å². The molecule has 2 aromatic rings. The van der Waals surface area contributed by atoms with Crippen molar-refractivity contribution in [1.29, 1.82) is 0 Å². The highest BCUT2D eigenvalue weighted by atomic mass is 35.5. The molecule has 116 valence electrons. The highest BCUT2D eigenvalue weighted by Gasteiger charge is 2.11. The Bertz CT molecular complexity index is 673. The lowest BCUT2D eigenvalue weighted by molar-refractivity contribution is 0.0943. The van der Waals surface area contributed by atoms with Crippen LogP contribution in [-0.2, 0) is 0 Å². The highest BCUT2D eigenvalue weighted by Crippen LogP contribution is 2.19. The minimum absolute atomic E-state index is 0.201. The maximum absolute atomic E-state index is 12.1. The molecule has 0 saturated carbocycles. The Morgan fingerprint density at radius 3 is 2.73 bits per heavy atom. The Morgan fingerprint density at radius 1 is 1.27 bits per heavy atom. The summed E-state index contributed by atoms with van der Waals surface area (Å²) in [6.45, 7) is 6.44. The Kier molecular flexibility index (Phi) is 5.33. The summed E-state index contributed by atoms with van der Waals surface area (Å²) in [5.41, 5.74) is 1.15. The molecular weight excluding hydrogens is 300 g/mol. The van der Waals surface area contributed by atoms with E-state index in [0.717, 1.165) is 5.69 Å². The number of nitrogens with zero attached hydrogens (tertiary/aromatic N) is 2. The molecule has 0 aliphatic heterocycles. The van der Waals surface area contributed by atoms with Crippen molar-refractivity contribution in [3.8, 4) is 0 Å². The molecule has 1 amide bonds. The Hall–Kier alpha value is -2.14. The van der Waals surface area contributed by atoms with E-state index < -0.39 is 0 Å². The third kappa shape index (κ3) is 4.70. The quantitative estimate of drug-likeness (QED) is 0.884. The number of halogens is 1. The molecule has 0 aliphatic carbocycles. The Balaban J connectivity index is 2.17. The van der Waals surface area contributed by atoms with Crippen LogP contribution in [0.1, 0.15) is 30.2 Å². The molecule has 0 bridgehead atoms. The number of hydrogen-bond donors (Lipinski definition) is 2. The van der Waals surface area contributed by atoms with Gasteiger partial charge in [0.15, 0.2) is 0 Å². The average molecular weight is 319 g/mol. The molecule has 0 unspecified atom stereocenters. The summed E-state index contributed by atoms with van der Waals surface area (Å²) in [5.74, 6) is 1.27. The van der Waals surface area contributed by atoms with Gasteiger partial charge in [-0.2, -0.15) is 0 Å². The Labute approximate surface area is 135 Å². The van der Waals surface area contributed by atoms with Crippen LogP contribution < -0.4 is 10.6 Å². The van der Waals surface area contributed by atoms with Gasteiger partial charge in [0.25, 0.3) is 5.91 Å². The van der Waals surface area contributed by atoms with Crippen molar-refractivity contribution in [2.24, 2.45) is 5.92 Å². The van der Waals surface area contributed by atoms with Crippen molar-refractivity contribution < 1.29 is 4.79 Å². The molecule has 0 spiro atoms. The zero-order valence-corrected chi connectivity index (χ0v) is 13.6. The summed E-state index contributed by atoms with van der Waals surface area (Å²) in [7, 11) is 0. The molecule has 2 rings (SSSR count). The van der Waals surface area contributed by atoms with Gasteiger partial charge in [0.1, 0.15) is 17.3 Å². The molecule has 1 heterocycles. The van der Waals surface area contributed by atoms with Crippen molar-refractivity contribution in [2.75, 3.05) is 11.9 Å². The van der Waals surface area contributed by atoms with E-state index in [0.29, 0.717) is 34.8 Å². The number of aryl methyl sites for hydroxylation is 1. The van der Waals surface area contributed by atoms with Crippen LogP contribution in [0.4, 0.5) is 11.5 Å². The molecule has 0 atom stereocenters. The van der Waals surface area contributed by atoms with E-state index >= 15 is 0 Å². The first-order valence-electron chi connectivity index (χ1n) is 7.10. The predicted molar refractivity (Wildman–Crippen MR) is 88.7 cm³/mol. The summed E-state index contributed by atoms with van der Waals surface area (Å²) in [6, 6.07) is 8.93. The van der Waals surface area contributed by atoms with Gasteiger partial charge < -0.3 is 10.6 Å². The van der Waals surface area contributed by atoms with Gasteiger partial charge in [-0.05, 0) is 31.0 Å². The monoisotopic (exact) mass is 318 g/mol. The lowest BCUT2D eigenvalue weighted by atomic mass is 10.2. The van der Waals surface area contributed by atoms with E-state index in [9.17, 15) is 4.79 Å². The molecule has 6 heteroatoms. The summed E-state index contributed by atoms with van der Waals surface area (Å²) in [5, 5.41) is 6.61. The van der Waals surface area contributed by atoms with Crippen LogP contribution in [0.15, 0.2) is 30.3 Å². The van der Waals surface area contributed by atoms with Crippen LogP contribution in [0.2, 0.25) is 5.02 Å². The van der Waals surface area contributed by atoms with E-state index in [4.69, 9.17) is 11.6 Å². The predicted octanol–water partition coefficient (Wildman–Crippen LogP) is 3.57. The zero-order valence-electron chi connectivity index (χ0n) is 12.9. The lowest BCUT2D eigenvalue weighted by Crippen LogP contribution is -2.28. The molecular formula is C16H19ClN4O. The maximum Gasteiger partial charge on any atom is 0.270 e. The number of anilines is 2. The van der Waals surface area contributed by atoms with Crippen LogP contribution >= 0.6 is 11.6 Å². The second-order valence-corrected chi connectivity index (χ2v) is 5.86. The third-order valence-corrected chi connectivity index (χ3v) is 3.07. The van der Waals surface area contributed by atoms with Gasteiger partial charge in [-0.3, -0.25) is 4.79 Å². The number of carbonyl (C=O) groups excluding carboxylic acids is 1. The first-order chi connectivity index (χ1) is 10.4. The average Bonchev–Trinajstić information content (AvgIpc) is 2.44. The van der Waals surface area contributed by atoms with Crippen molar-refractivity contribution in [3.05, 3.63) is 46.9 Å². The molecule has 5 nitrogen and oxygen atoms in total. The number of aromatic nitrogens is 2. The van der Waals surface area contributed by atoms with Crippen molar-refractivity contribution in [3.63, 3.8) is 0 Å². The van der Waals surface area contributed by atoms with E-state index in [1.165, 1.54) is 0 Å². The SMILES string of the molecule is Cc1nc(Nc2cccc(Cl)c2)cc(C(=O)NCC(C)C)n1. The molecule has 0 saturated heterocycles. The number of hydrogen-bond acceptors (Lipinski definition) is 4. The topological polar surface area (TPSA) is 66.9 Å². The first-order valence-corrected chi connectivity index (χ1v) is 7.48. The van der Waals surface area contributed by atoms with Crippen LogP contribution in [-0.4, -0.2) is 22.4 Å². The van der Waals surface area contributed by atoms with E-state index in [1.54, 1.807) is 25.1 Å². The number of amides is 1. The number of carbonyl (C=O) groups is 1. The third-order valence-electron chi connectivity index (χ3n) is 2.84. The fourth-order valence-electron chi connectivity index (χ4n) is 1.85. The molecule has 0 fully saturated rings. The van der Waals surface area contributed by atoms with E-state index in [1.807, 2.05) is 26.0 Å². The molecule has 0 aliphatic rings. The molecule has 0 radical (unpaired) electrons. The zero-order chi connectivity index (χ0) is 16.1. The number of rotatable bonds is 5. The van der Waals surface area contributed by atoms with Crippen LogP contribution in [0, 0.1) is 12.8 Å². The van der Waals surface area contributed by atoms with Crippen molar-refractivity contribution >= 4 is 29.0 Å². The fourth-order valence-corrected chi connectivity index (χ4v) is 2.04. The second-order valence-electron chi connectivity index (χ2n) is 5.42. The van der Waals surface area contributed by atoms with Gasteiger partial charge in [-0.1, -0.05) is 31.5 Å². The normalized spacial score (nSPS) is 10.6. The van der Waals surface area contributed by atoms with Gasteiger partial charge >= 0.3 is 0 Å². The van der Waals surface area contributed by atoms with Crippen LogP contribution in [0.25, 0.3) is 0 Å². The van der Waals surface area contributed by atoms with Gasteiger partial charge in [0.2, 0.25) is 0 Å². The summed E-state index contributed by atoms with van der Waals surface area (Å²) in [6.07, 6.45) is 0. The summed E-state index contributed by atoms with van der Waals surface area (Å²) >= 11 is 5.96. The molecule has 22 heavy (non-hydrogen) atoms. The summed E-state index contributed by atoms with van der Waals surface area (Å²) in [4.78, 5) is 20.6. The van der Waals surface area contributed by atoms with E-state index in [2.05, 4.69) is 20.6 Å². The van der Waals surface area contributed by atoms with Gasteiger partial charge in [-0.15, -0.1) is 0 Å². The minimum atomic E-state index is -0.201. The van der Waals surface area contributed by atoms with Crippen LogP contribution in [0.3, 0.4) is 0 Å². The molecule has 1 aromatic heterocycles. The van der Waals surface area contributed by atoms with E-state index in [-0.39, 0.29) is 5.91 Å². The lowest BCUT2D eigenvalue weighted by Gasteiger charge is -2.10. The smallest absolute Gasteiger partial charge is 0.270 e. The minimum Gasteiger partial charge on any atom is -0.350 e. The largest absolute Gasteiger partial charge is 0.350 e. The second kappa shape index (κ2) is 7.22. The fraction of sp³-hybridized carbons (Fsp3) is 0.312. The van der Waals surface area contributed by atoms with Gasteiger partial charge in [0.05, 0.1) is 0 Å². The number of nitrogens with one attached hydrogen (secondary N) is 2. The van der Waals surface area contributed by atoms with Crippen molar-refractivity contribution in [2.45, 2.75) is 20.8 Å². The molecule has 2 N–H and O–H groups in total. The standard InChI is InChI=1S/C16H19ClN4O/c1-10(2)9-18-16(22)14-8-15(20-11(3)19-14)21-13-6-4-5-12(17)7-13/h4-8,10H,9H2,1-3H3,(H,18,22)(H,19,20,21). The van der Waals surface area contributed by atoms with Crippen LogP contribution in [0.5, 0.6) is 0 Å².